The molecular weight excluding hydrogens is 352 g/mol. The number of carbonyl (C=O) groups is 2. The Bertz CT molecular complexity index is 804. The number of benzene rings is 2. The predicted octanol–water partition coefficient (Wildman–Crippen LogP) is 2.20. The lowest BCUT2D eigenvalue weighted by Crippen LogP contribution is -2.48. The van der Waals surface area contributed by atoms with Crippen molar-refractivity contribution in [1.82, 2.24) is 4.90 Å². The van der Waals surface area contributed by atoms with Gasteiger partial charge in [0.25, 0.3) is 5.91 Å². The lowest BCUT2D eigenvalue weighted by Gasteiger charge is -2.36. The number of carbonyl (C=O) groups excluding carboxylic acids is 2. The van der Waals surface area contributed by atoms with Gasteiger partial charge >= 0.3 is 0 Å². The van der Waals surface area contributed by atoms with Gasteiger partial charge in [-0.05, 0) is 24.3 Å². The molecule has 0 radical (unpaired) electrons. The van der Waals surface area contributed by atoms with Crippen molar-refractivity contribution in [3.05, 3.63) is 59.1 Å². The molecular formula is C19H21ClN4O2. The van der Waals surface area contributed by atoms with Gasteiger partial charge in [0, 0.05) is 26.2 Å². The summed E-state index contributed by atoms with van der Waals surface area (Å²) in [5, 5.41) is 3.51. The van der Waals surface area contributed by atoms with Crippen molar-refractivity contribution in [2.24, 2.45) is 5.73 Å². The van der Waals surface area contributed by atoms with E-state index < -0.39 is 5.91 Å². The second-order valence-corrected chi connectivity index (χ2v) is 6.58. The number of rotatable bonds is 5. The number of para-hydroxylation sites is 2. The van der Waals surface area contributed by atoms with Gasteiger partial charge in [-0.3, -0.25) is 14.5 Å². The standard InChI is InChI=1S/C19H21ClN4O2/c20-15-6-2-4-8-17(15)24-11-9-23(10-12-24)13-18(25)22-16-7-3-1-5-14(16)19(21)26/h1-8H,9-13H2,(H2,21,26)(H,22,25). The lowest BCUT2D eigenvalue weighted by molar-refractivity contribution is -0.117. The second kappa shape index (κ2) is 8.21. The van der Waals surface area contributed by atoms with Gasteiger partial charge < -0.3 is 16.0 Å². The average molecular weight is 373 g/mol. The summed E-state index contributed by atoms with van der Waals surface area (Å²) in [6, 6.07) is 14.5. The number of nitrogens with zero attached hydrogens (tertiary/aromatic N) is 2. The summed E-state index contributed by atoms with van der Waals surface area (Å²) in [7, 11) is 0. The topological polar surface area (TPSA) is 78.7 Å². The molecule has 0 aliphatic carbocycles. The molecule has 1 heterocycles. The molecule has 1 fully saturated rings. The van der Waals surface area contributed by atoms with Gasteiger partial charge in [0.15, 0.2) is 0 Å². The van der Waals surface area contributed by atoms with Crippen LogP contribution in [0.3, 0.4) is 0 Å². The molecule has 1 aliphatic heterocycles. The monoisotopic (exact) mass is 372 g/mol. The minimum absolute atomic E-state index is 0.162. The van der Waals surface area contributed by atoms with Crippen molar-refractivity contribution in [3.8, 4) is 0 Å². The van der Waals surface area contributed by atoms with Crippen molar-refractivity contribution in [1.29, 1.82) is 0 Å². The quantitative estimate of drug-likeness (QED) is 0.843. The van der Waals surface area contributed by atoms with Gasteiger partial charge in [0.2, 0.25) is 5.91 Å². The van der Waals surface area contributed by atoms with Gasteiger partial charge in [-0.2, -0.15) is 0 Å². The van der Waals surface area contributed by atoms with Crippen molar-refractivity contribution < 1.29 is 9.59 Å². The summed E-state index contributed by atoms with van der Waals surface area (Å²) in [5.41, 5.74) is 7.12. The second-order valence-electron chi connectivity index (χ2n) is 6.17. The first-order chi connectivity index (χ1) is 12.5. The Kier molecular flexibility index (Phi) is 5.75. The number of hydrogen-bond donors (Lipinski definition) is 2. The van der Waals surface area contributed by atoms with Crippen LogP contribution in [0.5, 0.6) is 0 Å². The molecule has 0 aromatic heterocycles. The molecule has 7 heteroatoms. The van der Waals surface area contributed by atoms with Crippen molar-refractivity contribution >= 4 is 34.8 Å². The third-order valence-corrected chi connectivity index (χ3v) is 4.72. The van der Waals surface area contributed by atoms with Crippen molar-refractivity contribution in [2.75, 3.05) is 42.9 Å². The van der Waals surface area contributed by atoms with E-state index in [2.05, 4.69) is 15.1 Å². The minimum atomic E-state index is -0.561. The van der Waals surface area contributed by atoms with E-state index in [0.29, 0.717) is 11.3 Å². The highest BCUT2D eigenvalue weighted by atomic mass is 35.5. The van der Waals surface area contributed by atoms with Crippen LogP contribution in [0.1, 0.15) is 10.4 Å². The number of amides is 2. The number of piperazine rings is 1. The number of nitrogens with two attached hydrogens (primary N) is 1. The Hall–Kier alpha value is -2.57. The molecule has 0 unspecified atom stereocenters. The third kappa shape index (κ3) is 4.33. The summed E-state index contributed by atoms with van der Waals surface area (Å²) in [5.74, 6) is -0.723. The third-order valence-electron chi connectivity index (χ3n) is 4.40. The average Bonchev–Trinajstić information content (AvgIpc) is 2.63. The normalized spacial score (nSPS) is 14.9. The Labute approximate surface area is 157 Å². The molecule has 0 atom stereocenters. The van der Waals surface area contributed by atoms with E-state index in [0.717, 1.165) is 36.9 Å². The highest BCUT2D eigenvalue weighted by molar-refractivity contribution is 6.33. The zero-order chi connectivity index (χ0) is 18.5. The fraction of sp³-hybridized carbons (Fsp3) is 0.263. The first-order valence-electron chi connectivity index (χ1n) is 8.45. The number of halogens is 1. The molecule has 3 rings (SSSR count). The zero-order valence-corrected chi connectivity index (χ0v) is 15.1. The van der Waals surface area contributed by atoms with Crippen molar-refractivity contribution in [2.45, 2.75) is 0 Å². The summed E-state index contributed by atoms with van der Waals surface area (Å²) in [4.78, 5) is 28.1. The molecule has 2 aromatic rings. The Morgan fingerprint density at radius 3 is 2.35 bits per heavy atom. The van der Waals surface area contributed by atoms with Crippen LogP contribution in [0.4, 0.5) is 11.4 Å². The van der Waals surface area contributed by atoms with Crippen LogP contribution >= 0.6 is 11.6 Å². The number of hydrogen-bond acceptors (Lipinski definition) is 4. The molecule has 1 saturated heterocycles. The first-order valence-corrected chi connectivity index (χ1v) is 8.83. The summed E-state index contributed by atoms with van der Waals surface area (Å²) in [6.07, 6.45) is 0. The summed E-state index contributed by atoms with van der Waals surface area (Å²) in [6.45, 7) is 3.39. The largest absolute Gasteiger partial charge is 0.368 e. The maximum absolute atomic E-state index is 12.3. The first kappa shape index (κ1) is 18.2. The van der Waals surface area contributed by atoms with Gasteiger partial charge in [-0.25, -0.2) is 0 Å². The van der Waals surface area contributed by atoms with E-state index in [1.54, 1.807) is 24.3 Å². The fourth-order valence-corrected chi connectivity index (χ4v) is 3.31. The van der Waals surface area contributed by atoms with Crippen LogP contribution in [0.2, 0.25) is 5.02 Å². The van der Waals surface area contributed by atoms with Crippen LogP contribution in [0, 0.1) is 0 Å². The van der Waals surface area contributed by atoms with Gasteiger partial charge in [-0.1, -0.05) is 35.9 Å². The molecule has 6 nitrogen and oxygen atoms in total. The molecule has 2 aromatic carbocycles. The fourth-order valence-electron chi connectivity index (χ4n) is 3.05. The summed E-state index contributed by atoms with van der Waals surface area (Å²) < 4.78 is 0. The Morgan fingerprint density at radius 2 is 1.65 bits per heavy atom. The number of anilines is 2. The molecule has 3 N–H and O–H groups in total. The summed E-state index contributed by atoms with van der Waals surface area (Å²) >= 11 is 6.25. The Balaban J connectivity index is 1.54. The molecule has 136 valence electrons. The highest BCUT2D eigenvalue weighted by Crippen LogP contribution is 2.26. The number of nitrogens with one attached hydrogen (secondary N) is 1. The zero-order valence-electron chi connectivity index (χ0n) is 14.3. The van der Waals surface area contributed by atoms with Crippen LogP contribution in [0.15, 0.2) is 48.5 Å². The molecule has 0 bridgehead atoms. The van der Waals surface area contributed by atoms with Crippen LogP contribution < -0.4 is 16.0 Å². The van der Waals surface area contributed by atoms with E-state index in [-0.39, 0.29) is 12.5 Å². The van der Waals surface area contributed by atoms with Crippen LogP contribution in [0.25, 0.3) is 0 Å². The van der Waals surface area contributed by atoms with Crippen LogP contribution in [-0.2, 0) is 4.79 Å². The number of primary amides is 1. The maximum Gasteiger partial charge on any atom is 0.250 e. The van der Waals surface area contributed by atoms with E-state index in [1.807, 2.05) is 24.3 Å². The molecule has 2 amide bonds. The Morgan fingerprint density at radius 1 is 1.00 bits per heavy atom. The SMILES string of the molecule is NC(=O)c1ccccc1NC(=O)CN1CCN(c2ccccc2Cl)CC1. The van der Waals surface area contributed by atoms with Crippen LogP contribution in [-0.4, -0.2) is 49.4 Å². The molecule has 0 saturated carbocycles. The van der Waals surface area contributed by atoms with Gasteiger partial charge in [-0.15, -0.1) is 0 Å². The van der Waals surface area contributed by atoms with Gasteiger partial charge in [0.1, 0.15) is 0 Å². The van der Waals surface area contributed by atoms with E-state index >= 15 is 0 Å². The molecule has 1 aliphatic rings. The van der Waals surface area contributed by atoms with E-state index in [1.165, 1.54) is 0 Å². The smallest absolute Gasteiger partial charge is 0.250 e. The molecule has 0 spiro atoms. The molecule has 26 heavy (non-hydrogen) atoms. The van der Waals surface area contributed by atoms with E-state index in [9.17, 15) is 9.59 Å². The maximum atomic E-state index is 12.3. The predicted molar refractivity (Wildman–Crippen MR) is 104 cm³/mol. The van der Waals surface area contributed by atoms with Gasteiger partial charge in [0.05, 0.1) is 28.5 Å². The van der Waals surface area contributed by atoms with Crippen molar-refractivity contribution in [3.63, 3.8) is 0 Å². The minimum Gasteiger partial charge on any atom is -0.368 e. The lowest BCUT2D eigenvalue weighted by atomic mass is 10.1. The highest BCUT2D eigenvalue weighted by Gasteiger charge is 2.21. The van der Waals surface area contributed by atoms with E-state index in [4.69, 9.17) is 17.3 Å².